The van der Waals surface area contributed by atoms with Gasteiger partial charge in [0.15, 0.2) is 73.3 Å². The Hall–Kier alpha value is -13.6. The normalized spacial score (nSPS) is 13.1. The minimum absolute atomic E-state index is 0. The van der Waals surface area contributed by atoms with Gasteiger partial charge in [-0.2, -0.15) is 0 Å². The smallest absolute Gasteiger partial charge is 0.260 e. The van der Waals surface area contributed by atoms with E-state index in [4.69, 9.17) is 16.1 Å². The zero-order valence-corrected chi connectivity index (χ0v) is 74.8. The van der Waals surface area contributed by atoms with Gasteiger partial charge in [0.05, 0.1) is 134 Å². The van der Waals surface area contributed by atoms with Crippen molar-refractivity contribution in [3.63, 3.8) is 0 Å². The van der Waals surface area contributed by atoms with E-state index in [2.05, 4.69) is 86.2 Å². The molecule has 1 fully saturated rings. The third kappa shape index (κ3) is 19.7. The highest BCUT2D eigenvalue weighted by Gasteiger charge is 2.36. The summed E-state index contributed by atoms with van der Waals surface area (Å²) in [4.78, 5) is 100. The minimum atomic E-state index is -3.37. The Kier molecular flexibility index (Phi) is 26.9. The van der Waals surface area contributed by atoms with Gasteiger partial charge in [0, 0.05) is 72.9 Å². The maximum atomic E-state index is 13.0. The molecular formula is C92H110ClN17O14S4. The first-order valence-electron chi connectivity index (χ1n) is 40.8. The number of aromatic amines is 4. The third-order valence-electron chi connectivity index (χ3n) is 21.7. The fraction of sp³-hybridized carbons (Fsp3) is 0.228. The van der Waals surface area contributed by atoms with Gasteiger partial charge in [0.25, 0.3) is 23.6 Å². The second-order valence-corrected chi connectivity index (χ2v) is 42.0. The molecule has 4 amide bonds. The summed E-state index contributed by atoms with van der Waals surface area (Å²) >= 11 is 5.99. The number of aromatic nitrogens is 13. The topological polar surface area (TPSA) is 465 Å². The van der Waals surface area contributed by atoms with Crippen LogP contribution in [0.2, 0.25) is 5.02 Å². The SMILES string of the molecule is CC(C)S(=O)(=O)c1ccc(-c2cnc3[nH]cc(C(=O)NC4(CO)CCCC4)c3n2)cc1.CC(C)S(=O)(=O)c1ccc(-c2cnc3[nH]cc(C(=O)NCc4cccc(Cl)c4)c3n2)cc1.CC(C)S(=O)(=O)c1ccc(-c2cnc3[nH]cc(C(=O)N[C@H](C)c4ccccc4)c3n2)cc1.CC(C)S(=O)(=O)c1ccc(-c2cnc3[nH]cc(C(=O)Nc4noc5ccccc45)c3n2)cc1.[HH].[HH].[HH].[HH].[HH].[HH].[HH].[HH].[HH].[HH]. The van der Waals surface area contributed by atoms with E-state index in [0.717, 1.165) is 36.8 Å². The first-order chi connectivity index (χ1) is 61.1. The zero-order chi connectivity index (χ0) is 91.2. The van der Waals surface area contributed by atoms with Gasteiger partial charge in [-0.05, 0) is 159 Å². The van der Waals surface area contributed by atoms with Gasteiger partial charge in [-0.25, -0.2) is 73.5 Å². The number of benzene rings is 7. The molecule has 1 aliphatic rings. The molecule has 0 bridgehead atoms. The number of nitrogens with one attached hydrogen (secondary N) is 8. The van der Waals surface area contributed by atoms with Gasteiger partial charge in [-0.3, -0.25) is 19.2 Å². The van der Waals surface area contributed by atoms with Crippen molar-refractivity contribution in [1.29, 1.82) is 0 Å². The van der Waals surface area contributed by atoms with Crippen LogP contribution in [0.4, 0.5) is 5.82 Å². The number of aliphatic hydroxyl groups is 1. The molecule has 0 aliphatic heterocycles. The van der Waals surface area contributed by atoms with Crippen LogP contribution < -0.4 is 21.3 Å². The molecule has 9 heterocycles. The quantitative estimate of drug-likeness (QED) is 0.0287. The van der Waals surface area contributed by atoms with E-state index in [9.17, 15) is 58.0 Å². The number of rotatable bonds is 23. The largest absolute Gasteiger partial charge is 0.394 e. The van der Waals surface area contributed by atoms with Crippen LogP contribution in [0.3, 0.4) is 0 Å². The fourth-order valence-corrected chi connectivity index (χ4v) is 18.5. The molecule has 0 spiro atoms. The molecule has 0 saturated heterocycles. The third-order valence-corrected chi connectivity index (χ3v) is 30.7. The Labute approximate surface area is 756 Å². The first-order valence-corrected chi connectivity index (χ1v) is 47.4. The second kappa shape index (κ2) is 37.9. The summed E-state index contributed by atoms with van der Waals surface area (Å²) in [6.45, 7) is 15.3. The van der Waals surface area contributed by atoms with Gasteiger partial charge in [0.2, 0.25) is 0 Å². The van der Waals surface area contributed by atoms with E-state index < -0.39 is 71.8 Å². The van der Waals surface area contributed by atoms with Crippen LogP contribution in [-0.4, -0.2) is 161 Å². The maximum Gasteiger partial charge on any atom is 0.260 e. The van der Waals surface area contributed by atoms with Crippen molar-refractivity contribution < 1.29 is 76.7 Å². The Morgan fingerprint density at radius 2 is 0.805 bits per heavy atom. The predicted molar refractivity (Wildman–Crippen MR) is 510 cm³/mol. The van der Waals surface area contributed by atoms with E-state index in [0.29, 0.717) is 140 Å². The molecule has 16 aromatic rings. The van der Waals surface area contributed by atoms with Crippen LogP contribution in [-0.2, 0) is 45.9 Å². The minimum Gasteiger partial charge on any atom is -0.394 e. The molecule has 36 heteroatoms. The first kappa shape index (κ1) is 90.7. The zero-order valence-electron chi connectivity index (χ0n) is 70.8. The summed E-state index contributed by atoms with van der Waals surface area (Å²) in [5, 5.41) is 24.6. The Bertz CT molecular complexity index is 7360. The molecule has 9 N–H and O–H groups in total. The maximum absolute atomic E-state index is 13.0. The number of fused-ring (bicyclic) bond motifs is 5. The Morgan fingerprint density at radius 3 is 1.18 bits per heavy atom. The van der Waals surface area contributed by atoms with Crippen LogP contribution in [0.25, 0.3) is 101 Å². The van der Waals surface area contributed by atoms with Crippen molar-refractivity contribution in [2.45, 2.75) is 147 Å². The summed E-state index contributed by atoms with van der Waals surface area (Å²) in [6.07, 6.45) is 16.0. The second-order valence-electron chi connectivity index (χ2n) is 31.6. The monoisotopic (exact) mass is 1840 g/mol. The lowest BCUT2D eigenvalue weighted by molar-refractivity contribution is 0.0838. The number of halogens is 1. The van der Waals surface area contributed by atoms with E-state index in [1.807, 2.05) is 61.5 Å². The Balaban J connectivity index is 0.000000375. The number of carbonyl (C=O) groups is 4. The molecule has 678 valence electrons. The highest BCUT2D eigenvalue weighted by Crippen LogP contribution is 2.34. The fourth-order valence-electron chi connectivity index (χ4n) is 14.0. The molecule has 31 nitrogen and oxygen atoms in total. The molecule has 1 saturated carbocycles. The molecule has 17 rings (SSSR count). The summed E-state index contributed by atoms with van der Waals surface area (Å²) in [6, 6.07) is 50.0. The number of hydrogen-bond acceptors (Lipinski definition) is 23. The standard InChI is InChI=1S/C24H24N4O3S.C23H21ClN4O3S.C23H19N5O4S.C22H26N4O4S.10H2/c1-15(2)32(30,31)19-11-9-18(10-12-19)21-14-26-23-22(28-21)20(13-25-23)24(29)27-16(3)17-7-5-4-6-8-17;1-14(2)32(30,31)18-8-6-16(7-9-18)20-13-26-22-21(28-20)19(12-25-22)23(29)27-11-15-4-3-5-17(24)10-15;1-13(2)33(30,31)15-9-7-14(8-10-15)18-12-25-22-20(26-18)17(11-24-22)23(29)27-21-16-5-3-4-6-19(16)32-28-21;1-14(2)31(29,30)16-7-5-15(6-8-16)18-12-24-20-19(25-18)17(11-23-20)21(28)26-22(13-27)9-3-4-10-22;;;;;;;;;;/h4-16H,1-3H3,(H,25,26)(H,27,29);3-10,12-14H,11H2,1-2H3,(H,25,26)(H,27,29);3-13H,1-2H3,(H,24,25)(H,27,28,29);5-8,11-12,14,27H,3-4,9-10,13H2,1-2H3,(H,23,24)(H,26,28);10*1H/t16-;;;;;;;;;;;;;/m1............./s1. The number of H-pyrrole nitrogens is 4. The van der Waals surface area contributed by atoms with Crippen molar-refractivity contribution in [2.75, 3.05) is 11.9 Å². The summed E-state index contributed by atoms with van der Waals surface area (Å²) < 4.78 is 104. The molecule has 1 aliphatic carbocycles. The summed E-state index contributed by atoms with van der Waals surface area (Å²) in [7, 11) is -13.4. The van der Waals surface area contributed by atoms with Crippen molar-refractivity contribution in [2.24, 2.45) is 0 Å². The number of sulfone groups is 4. The molecule has 0 radical (unpaired) electrons. The van der Waals surface area contributed by atoms with Crippen LogP contribution in [0.15, 0.2) is 250 Å². The number of hydrogen-bond donors (Lipinski definition) is 9. The van der Waals surface area contributed by atoms with Crippen LogP contribution in [0, 0.1) is 0 Å². The average molecular weight is 1840 g/mol. The van der Waals surface area contributed by atoms with Crippen molar-refractivity contribution in [1.82, 2.24) is 80.9 Å². The lowest BCUT2D eigenvalue weighted by Crippen LogP contribution is -2.49. The van der Waals surface area contributed by atoms with E-state index in [1.165, 1.54) is 6.20 Å². The van der Waals surface area contributed by atoms with Gasteiger partial charge in [0.1, 0.15) is 22.1 Å². The number of aliphatic hydroxyl groups excluding tert-OH is 1. The molecular weight excluding hydrogens is 1730 g/mol. The van der Waals surface area contributed by atoms with E-state index in [1.54, 1.807) is 220 Å². The highest BCUT2D eigenvalue weighted by molar-refractivity contribution is 7.93. The van der Waals surface area contributed by atoms with Gasteiger partial charge < -0.3 is 50.8 Å². The number of nitrogens with zero attached hydrogens (tertiary/aromatic N) is 9. The molecule has 0 unspecified atom stereocenters. The van der Waals surface area contributed by atoms with Crippen molar-refractivity contribution in [3.05, 3.63) is 264 Å². The molecule has 128 heavy (non-hydrogen) atoms. The average Bonchev–Trinajstić information content (AvgIpc) is 1.62. The predicted octanol–water partition coefficient (Wildman–Crippen LogP) is 18.2. The highest BCUT2D eigenvalue weighted by atomic mass is 35.5. The number of para-hydroxylation sites is 1. The van der Waals surface area contributed by atoms with Gasteiger partial charge in [-0.15, -0.1) is 0 Å². The Morgan fingerprint density at radius 1 is 0.445 bits per heavy atom. The van der Waals surface area contributed by atoms with E-state index in [-0.39, 0.29) is 64.2 Å². The summed E-state index contributed by atoms with van der Waals surface area (Å²) in [5.41, 5.74) is 11.9. The lowest BCUT2D eigenvalue weighted by Gasteiger charge is -2.27. The van der Waals surface area contributed by atoms with E-state index >= 15 is 0 Å². The number of carbonyl (C=O) groups excluding carboxylic acids is 4. The molecule has 7 aromatic carbocycles. The van der Waals surface area contributed by atoms with Crippen molar-refractivity contribution >= 4 is 136 Å². The van der Waals surface area contributed by atoms with Gasteiger partial charge in [-0.1, -0.05) is 133 Å². The lowest BCUT2D eigenvalue weighted by atomic mass is 9.98. The summed E-state index contributed by atoms with van der Waals surface area (Å²) in [5.74, 6) is -0.938. The van der Waals surface area contributed by atoms with Crippen LogP contribution in [0.5, 0.6) is 0 Å². The van der Waals surface area contributed by atoms with Crippen LogP contribution >= 0.6 is 11.6 Å². The van der Waals surface area contributed by atoms with Crippen molar-refractivity contribution in [3.8, 4) is 45.0 Å². The molecule has 1 atom stereocenters. The van der Waals surface area contributed by atoms with Crippen LogP contribution in [0.1, 0.15) is 161 Å². The molecule has 9 aromatic heterocycles. The van der Waals surface area contributed by atoms with Gasteiger partial charge >= 0.3 is 0 Å². The number of amides is 4. The number of anilines is 1.